The summed E-state index contributed by atoms with van der Waals surface area (Å²) in [7, 11) is 0. The van der Waals surface area contributed by atoms with Crippen LogP contribution in [0.4, 0.5) is 0 Å². The van der Waals surface area contributed by atoms with Gasteiger partial charge in [0.15, 0.2) is 5.82 Å². The number of nitrogens with zero attached hydrogens (tertiary/aromatic N) is 2. The third-order valence-electron chi connectivity index (χ3n) is 4.48. The molecule has 0 unspecified atom stereocenters. The summed E-state index contributed by atoms with van der Waals surface area (Å²) in [5, 5.41) is 8.11. The topological polar surface area (TPSA) is 24.7 Å². The highest BCUT2D eigenvalue weighted by atomic mass is 15.4. The van der Waals surface area contributed by atoms with E-state index in [-0.39, 0.29) is 0 Å². The van der Waals surface area contributed by atoms with Gasteiger partial charge in [0.1, 0.15) is 0 Å². The van der Waals surface area contributed by atoms with Crippen LogP contribution in [0.3, 0.4) is 0 Å². The molecule has 0 radical (unpaired) electrons. The first-order valence-corrected chi connectivity index (χ1v) is 5.56. The Labute approximate surface area is 78.1 Å². The Morgan fingerprint density at radius 2 is 1.31 bits per heavy atom. The van der Waals surface area contributed by atoms with Crippen molar-refractivity contribution in [2.75, 3.05) is 0 Å². The zero-order chi connectivity index (χ0) is 8.41. The Morgan fingerprint density at radius 3 is 1.77 bits per heavy atom. The molecule has 5 rings (SSSR count). The summed E-state index contributed by atoms with van der Waals surface area (Å²) >= 11 is 0. The van der Waals surface area contributed by atoms with Crippen LogP contribution >= 0.6 is 0 Å². The summed E-state index contributed by atoms with van der Waals surface area (Å²) in [5.41, 5.74) is 1.66. The minimum absolute atomic E-state index is 0.890. The lowest BCUT2D eigenvalue weighted by Crippen LogP contribution is -2.40. The Hall–Kier alpha value is -0.660. The molecule has 4 fully saturated rings. The molecule has 4 bridgehead atoms. The Kier molecular flexibility index (Phi) is 1.06. The largest absolute Gasteiger partial charge is 0.196 e. The Bertz CT molecular complexity index is 289. The average molecular weight is 174 g/mol. The summed E-state index contributed by atoms with van der Waals surface area (Å²) in [4.78, 5) is 0. The molecular formula is C11H14N2. The van der Waals surface area contributed by atoms with E-state index < -0.39 is 0 Å². The van der Waals surface area contributed by atoms with Crippen molar-refractivity contribution < 1.29 is 0 Å². The van der Waals surface area contributed by atoms with E-state index in [1.807, 2.05) is 0 Å². The predicted octanol–water partition coefficient (Wildman–Crippen LogP) is 3.12. The van der Waals surface area contributed by atoms with Gasteiger partial charge < -0.3 is 0 Å². The van der Waals surface area contributed by atoms with E-state index >= 15 is 0 Å². The van der Waals surface area contributed by atoms with Crippen molar-refractivity contribution in [3.05, 3.63) is 11.4 Å². The van der Waals surface area contributed by atoms with E-state index in [9.17, 15) is 0 Å². The first-order chi connectivity index (χ1) is 6.40. The molecule has 0 saturated heterocycles. The molecule has 1 heterocycles. The van der Waals surface area contributed by atoms with Gasteiger partial charge in [-0.15, -0.1) is 10.2 Å². The molecule has 2 nitrogen and oxygen atoms in total. The van der Waals surface area contributed by atoms with E-state index in [0.29, 0.717) is 0 Å². The fourth-order valence-electron chi connectivity index (χ4n) is 4.20. The maximum absolute atomic E-state index is 4.05. The quantitative estimate of drug-likeness (QED) is 0.539. The van der Waals surface area contributed by atoms with Gasteiger partial charge in [-0.3, -0.25) is 0 Å². The minimum atomic E-state index is 0.890. The van der Waals surface area contributed by atoms with Crippen LogP contribution in [0.15, 0.2) is 21.6 Å². The van der Waals surface area contributed by atoms with Crippen LogP contribution in [0.25, 0.3) is 0 Å². The molecule has 0 aromatic heterocycles. The Morgan fingerprint density at radius 1 is 0.769 bits per heavy atom. The van der Waals surface area contributed by atoms with Crippen molar-refractivity contribution in [1.82, 2.24) is 0 Å². The van der Waals surface area contributed by atoms with Crippen LogP contribution in [-0.4, -0.2) is 0 Å². The van der Waals surface area contributed by atoms with Crippen molar-refractivity contribution in [3.8, 4) is 0 Å². The normalized spacial score (nSPS) is 50.5. The molecule has 0 aromatic carbocycles. The fraction of sp³-hybridized carbons (Fsp3) is 0.818. The average Bonchev–Trinajstić information content (AvgIpc) is 2.85. The number of hydrogen-bond donors (Lipinski definition) is 0. The predicted molar refractivity (Wildman–Crippen MR) is 48.9 cm³/mol. The maximum atomic E-state index is 4.05. The molecule has 5 aliphatic rings. The first kappa shape index (κ1) is 6.74. The highest BCUT2D eigenvalue weighted by molar-refractivity contribution is 5.28. The Balaban J connectivity index is 1.78. The summed E-state index contributed by atoms with van der Waals surface area (Å²) < 4.78 is 0. The first-order valence-electron chi connectivity index (χ1n) is 5.56. The lowest BCUT2D eigenvalue weighted by atomic mass is 9.54. The van der Waals surface area contributed by atoms with Gasteiger partial charge in [0.2, 0.25) is 0 Å². The molecule has 0 aromatic rings. The van der Waals surface area contributed by atoms with Crippen LogP contribution in [0.1, 0.15) is 32.1 Å². The van der Waals surface area contributed by atoms with E-state index in [1.54, 1.807) is 5.57 Å². The number of allylic oxidation sites excluding steroid dienone is 1. The summed E-state index contributed by atoms with van der Waals surface area (Å²) in [5.74, 6) is 5.05. The molecule has 0 spiro atoms. The number of rotatable bonds is 0. The molecule has 4 saturated carbocycles. The monoisotopic (exact) mass is 174 g/mol. The van der Waals surface area contributed by atoms with E-state index in [0.717, 1.165) is 29.5 Å². The van der Waals surface area contributed by atoms with Gasteiger partial charge in [-0.1, -0.05) is 0 Å². The van der Waals surface area contributed by atoms with Crippen molar-refractivity contribution in [2.24, 2.45) is 33.9 Å². The van der Waals surface area contributed by atoms with Gasteiger partial charge >= 0.3 is 0 Å². The molecule has 0 amide bonds. The van der Waals surface area contributed by atoms with Crippen molar-refractivity contribution in [3.63, 3.8) is 0 Å². The summed E-state index contributed by atoms with van der Waals surface area (Å²) in [6.45, 7) is 0. The van der Waals surface area contributed by atoms with Gasteiger partial charge in [-0.2, -0.15) is 0 Å². The van der Waals surface area contributed by atoms with Crippen LogP contribution in [0.5, 0.6) is 0 Å². The van der Waals surface area contributed by atoms with Crippen LogP contribution < -0.4 is 0 Å². The molecule has 13 heavy (non-hydrogen) atoms. The second-order valence-electron chi connectivity index (χ2n) is 5.28. The third kappa shape index (κ3) is 0.839. The van der Waals surface area contributed by atoms with Crippen molar-refractivity contribution >= 4 is 0 Å². The van der Waals surface area contributed by atoms with Gasteiger partial charge in [0.25, 0.3) is 0 Å². The standard InChI is InChI=1S/C11H14N2/c1-6-2-8-4-7(1)5-9(3-6)10(8)11-12-13-11/h6-9H,1-5H2. The van der Waals surface area contributed by atoms with Gasteiger partial charge in [-0.25, -0.2) is 0 Å². The zero-order valence-corrected chi connectivity index (χ0v) is 7.74. The van der Waals surface area contributed by atoms with E-state index in [1.165, 1.54) is 32.1 Å². The highest BCUT2D eigenvalue weighted by Crippen LogP contribution is 2.58. The molecule has 68 valence electrons. The fourth-order valence-corrected chi connectivity index (χ4v) is 4.20. The molecule has 2 heteroatoms. The molecule has 0 atom stereocenters. The summed E-state index contributed by atoms with van der Waals surface area (Å²) in [6.07, 6.45) is 7.35. The van der Waals surface area contributed by atoms with Gasteiger partial charge in [-0.05, 0) is 61.3 Å². The second-order valence-corrected chi connectivity index (χ2v) is 5.28. The van der Waals surface area contributed by atoms with Crippen LogP contribution in [0.2, 0.25) is 0 Å². The van der Waals surface area contributed by atoms with Crippen LogP contribution in [-0.2, 0) is 0 Å². The molecular weight excluding hydrogens is 160 g/mol. The number of hydrogen-bond acceptors (Lipinski definition) is 2. The van der Waals surface area contributed by atoms with Crippen molar-refractivity contribution in [2.45, 2.75) is 32.1 Å². The van der Waals surface area contributed by atoms with Gasteiger partial charge in [0.05, 0.1) is 0 Å². The van der Waals surface area contributed by atoms with E-state index in [2.05, 4.69) is 10.2 Å². The second kappa shape index (κ2) is 2.05. The highest BCUT2D eigenvalue weighted by Gasteiger charge is 2.47. The molecule has 0 N–H and O–H groups in total. The van der Waals surface area contributed by atoms with Crippen molar-refractivity contribution in [1.29, 1.82) is 0 Å². The van der Waals surface area contributed by atoms with Gasteiger partial charge in [0, 0.05) is 0 Å². The third-order valence-corrected chi connectivity index (χ3v) is 4.48. The lowest BCUT2D eigenvalue weighted by molar-refractivity contribution is 0.0689. The van der Waals surface area contributed by atoms with E-state index in [4.69, 9.17) is 0 Å². The maximum Gasteiger partial charge on any atom is 0.196 e. The smallest absolute Gasteiger partial charge is 0.127 e. The SMILES string of the molecule is C1C2CC3CC1CC(C2)C3=C1N=N1. The lowest BCUT2D eigenvalue weighted by Gasteiger charge is -2.50. The molecule has 1 aliphatic heterocycles. The molecule has 4 aliphatic carbocycles. The van der Waals surface area contributed by atoms with Crippen LogP contribution in [0, 0.1) is 23.7 Å². The summed E-state index contributed by atoms with van der Waals surface area (Å²) in [6, 6.07) is 0. The minimum Gasteiger partial charge on any atom is -0.127 e. The zero-order valence-electron chi connectivity index (χ0n) is 7.74.